The van der Waals surface area contributed by atoms with Gasteiger partial charge in [-0.25, -0.2) is 0 Å². The lowest BCUT2D eigenvalue weighted by Crippen LogP contribution is -2.31. The van der Waals surface area contributed by atoms with E-state index in [2.05, 4.69) is 45.3 Å². The van der Waals surface area contributed by atoms with E-state index in [-0.39, 0.29) is 6.04 Å². The Hall–Kier alpha value is -1.24. The van der Waals surface area contributed by atoms with Crippen LogP contribution in [0.5, 0.6) is 0 Å². The van der Waals surface area contributed by atoms with Crippen molar-refractivity contribution in [2.75, 3.05) is 0 Å². The van der Waals surface area contributed by atoms with E-state index in [9.17, 15) is 0 Å². The highest BCUT2D eigenvalue weighted by Gasteiger charge is 2.19. The molecule has 0 saturated heterocycles. The van der Waals surface area contributed by atoms with Gasteiger partial charge in [-0.05, 0) is 53.9 Å². The van der Waals surface area contributed by atoms with Crippen LogP contribution in [0.4, 0.5) is 0 Å². The third-order valence-electron chi connectivity index (χ3n) is 3.51. The lowest BCUT2D eigenvalue weighted by molar-refractivity contribution is 0.513. The molecule has 1 unspecified atom stereocenters. The van der Waals surface area contributed by atoms with Crippen molar-refractivity contribution in [1.82, 2.24) is 20.2 Å². The average Bonchev–Trinajstić information content (AvgIpc) is 2.73. The molecule has 0 spiro atoms. The molecular formula is C14H20BrN5. The fourth-order valence-electron chi connectivity index (χ4n) is 2.36. The van der Waals surface area contributed by atoms with Gasteiger partial charge in [-0.15, -0.1) is 0 Å². The molecule has 0 saturated carbocycles. The van der Waals surface area contributed by atoms with Crippen LogP contribution in [0.3, 0.4) is 0 Å². The number of aromatic nitrogens is 3. The van der Waals surface area contributed by atoms with Gasteiger partial charge in [-0.3, -0.25) is 20.9 Å². The van der Waals surface area contributed by atoms with Crippen LogP contribution in [0, 0.1) is 13.8 Å². The van der Waals surface area contributed by atoms with E-state index in [1.807, 2.05) is 23.9 Å². The fraction of sp³-hybridized carbons (Fsp3) is 0.429. The van der Waals surface area contributed by atoms with Crippen molar-refractivity contribution in [3.8, 4) is 0 Å². The molecule has 2 aromatic rings. The molecule has 1 atom stereocenters. The average molecular weight is 338 g/mol. The second-order valence-electron chi connectivity index (χ2n) is 4.82. The first kappa shape index (κ1) is 15.2. The Bertz CT molecular complexity index is 593. The molecule has 0 fully saturated rings. The van der Waals surface area contributed by atoms with Gasteiger partial charge in [0.25, 0.3) is 0 Å². The molecule has 20 heavy (non-hydrogen) atoms. The molecule has 6 heteroatoms. The van der Waals surface area contributed by atoms with Gasteiger partial charge in [0.15, 0.2) is 0 Å². The first-order chi connectivity index (χ1) is 9.58. The Morgan fingerprint density at radius 3 is 2.80 bits per heavy atom. The monoisotopic (exact) mass is 337 g/mol. The summed E-state index contributed by atoms with van der Waals surface area (Å²) in [5, 5.41) is 4.52. The molecule has 2 heterocycles. The Morgan fingerprint density at radius 1 is 1.45 bits per heavy atom. The second kappa shape index (κ2) is 6.47. The zero-order valence-corrected chi connectivity index (χ0v) is 13.6. The molecule has 2 aromatic heterocycles. The standard InChI is InChI=1S/C14H20BrN5/c1-4-20-13(14(15)10(3)19-20)7-12(18-16)11-8-17-6-5-9(11)2/h5-6,8,12,18H,4,7,16H2,1-3H3. The number of halogens is 1. The highest BCUT2D eigenvalue weighted by molar-refractivity contribution is 9.10. The van der Waals surface area contributed by atoms with Gasteiger partial charge in [-0.2, -0.15) is 5.10 Å². The fourth-order valence-corrected chi connectivity index (χ4v) is 2.80. The van der Waals surface area contributed by atoms with Crippen LogP contribution in [0.25, 0.3) is 0 Å². The van der Waals surface area contributed by atoms with Crippen LogP contribution in [0.1, 0.15) is 35.5 Å². The van der Waals surface area contributed by atoms with Crippen LogP contribution < -0.4 is 11.3 Å². The molecule has 0 radical (unpaired) electrons. The number of hydrogen-bond donors (Lipinski definition) is 2. The quantitative estimate of drug-likeness (QED) is 0.649. The summed E-state index contributed by atoms with van der Waals surface area (Å²) in [7, 11) is 0. The molecule has 0 bridgehead atoms. The Morgan fingerprint density at radius 2 is 2.20 bits per heavy atom. The maximum Gasteiger partial charge on any atom is 0.0738 e. The van der Waals surface area contributed by atoms with E-state index in [1.165, 1.54) is 5.56 Å². The Kier molecular flexibility index (Phi) is 4.91. The van der Waals surface area contributed by atoms with E-state index in [0.717, 1.165) is 34.4 Å². The number of pyridine rings is 1. The SMILES string of the molecule is CCn1nc(C)c(Br)c1CC(NN)c1cnccc1C. The third-order valence-corrected chi connectivity index (χ3v) is 4.54. The summed E-state index contributed by atoms with van der Waals surface area (Å²) in [6.45, 7) is 6.99. The lowest BCUT2D eigenvalue weighted by Gasteiger charge is -2.18. The van der Waals surface area contributed by atoms with Crippen LogP contribution >= 0.6 is 15.9 Å². The van der Waals surface area contributed by atoms with E-state index in [4.69, 9.17) is 5.84 Å². The van der Waals surface area contributed by atoms with Crippen molar-refractivity contribution in [2.24, 2.45) is 5.84 Å². The number of aryl methyl sites for hydroxylation is 3. The Labute approximate surface area is 127 Å². The molecule has 108 valence electrons. The van der Waals surface area contributed by atoms with E-state index < -0.39 is 0 Å². The van der Waals surface area contributed by atoms with Crippen molar-refractivity contribution in [2.45, 2.75) is 39.8 Å². The molecular weight excluding hydrogens is 318 g/mol. The summed E-state index contributed by atoms with van der Waals surface area (Å²) >= 11 is 3.62. The Balaban J connectivity index is 2.34. The molecule has 5 nitrogen and oxygen atoms in total. The number of rotatable bonds is 5. The van der Waals surface area contributed by atoms with E-state index in [0.29, 0.717) is 0 Å². The first-order valence-corrected chi connectivity index (χ1v) is 7.46. The molecule has 3 N–H and O–H groups in total. The summed E-state index contributed by atoms with van der Waals surface area (Å²) < 4.78 is 3.07. The molecule has 0 aromatic carbocycles. The predicted octanol–water partition coefficient (Wildman–Crippen LogP) is 2.42. The van der Waals surface area contributed by atoms with Gasteiger partial charge in [0.2, 0.25) is 0 Å². The molecule has 2 rings (SSSR count). The molecule has 0 aliphatic rings. The lowest BCUT2D eigenvalue weighted by atomic mass is 10.00. The summed E-state index contributed by atoms with van der Waals surface area (Å²) in [5.74, 6) is 5.75. The molecule has 0 amide bonds. The normalized spacial score (nSPS) is 12.7. The summed E-state index contributed by atoms with van der Waals surface area (Å²) in [5.41, 5.74) is 7.34. The van der Waals surface area contributed by atoms with Gasteiger partial charge in [0.05, 0.1) is 21.9 Å². The largest absolute Gasteiger partial charge is 0.271 e. The number of nitrogens with one attached hydrogen (secondary N) is 1. The maximum absolute atomic E-state index is 5.75. The first-order valence-electron chi connectivity index (χ1n) is 6.66. The highest BCUT2D eigenvalue weighted by atomic mass is 79.9. The van der Waals surface area contributed by atoms with Crippen molar-refractivity contribution in [1.29, 1.82) is 0 Å². The summed E-state index contributed by atoms with van der Waals surface area (Å²) in [6, 6.07) is 2.01. The minimum Gasteiger partial charge on any atom is -0.271 e. The molecule has 0 aliphatic heterocycles. The van der Waals surface area contributed by atoms with Crippen molar-refractivity contribution >= 4 is 15.9 Å². The van der Waals surface area contributed by atoms with Crippen molar-refractivity contribution in [3.05, 3.63) is 45.4 Å². The van der Waals surface area contributed by atoms with Gasteiger partial charge >= 0.3 is 0 Å². The van der Waals surface area contributed by atoms with Crippen LogP contribution in [0.15, 0.2) is 22.9 Å². The van der Waals surface area contributed by atoms with Gasteiger partial charge in [-0.1, -0.05) is 0 Å². The highest BCUT2D eigenvalue weighted by Crippen LogP contribution is 2.27. The van der Waals surface area contributed by atoms with Gasteiger partial charge in [0.1, 0.15) is 0 Å². The minimum absolute atomic E-state index is 0.0152. The van der Waals surface area contributed by atoms with Crippen molar-refractivity contribution < 1.29 is 0 Å². The van der Waals surface area contributed by atoms with Crippen LogP contribution in [-0.2, 0) is 13.0 Å². The third kappa shape index (κ3) is 2.92. The number of hydrogen-bond acceptors (Lipinski definition) is 4. The summed E-state index contributed by atoms with van der Waals surface area (Å²) in [6.07, 6.45) is 4.42. The van der Waals surface area contributed by atoms with Gasteiger partial charge < -0.3 is 0 Å². The second-order valence-corrected chi connectivity index (χ2v) is 5.61. The maximum atomic E-state index is 5.75. The van der Waals surface area contributed by atoms with E-state index >= 15 is 0 Å². The van der Waals surface area contributed by atoms with Gasteiger partial charge in [0, 0.05) is 25.4 Å². The minimum atomic E-state index is 0.0152. The predicted molar refractivity (Wildman–Crippen MR) is 83.1 cm³/mol. The molecule has 0 aliphatic carbocycles. The number of nitrogens with zero attached hydrogens (tertiary/aromatic N) is 3. The topological polar surface area (TPSA) is 68.8 Å². The zero-order chi connectivity index (χ0) is 14.7. The van der Waals surface area contributed by atoms with Crippen LogP contribution in [0.2, 0.25) is 0 Å². The smallest absolute Gasteiger partial charge is 0.0738 e. The van der Waals surface area contributed by atoms with Crippen LogP contribution in [-0.4, -0.2) is 14.8 Å². The number of nitrogens with two attached hydrogens (primary N) is 1. The summed E-state index contributed by atoms with van der Waals surface area (Å²) in [4.78, 5) is 4.20. The zero-order valence-electron chi connectivity index (χ0n) is 12.0. The van der Waals surface area contributed by atoms with E-state index in [1.54, 1.807) is 6.20 Å². The van der Waals surface area contributed by atoms with Crippen molar-refractivity contribution in [3.63, 3.8) is 0 Å². The number of hydrazine groups is 1.